The topological polar surface area (TPSA) is 84.6 Å². The highest BCUT2D eigenvalue weighted by Gasteiger charge is 2.09. The molecule has 3 aromatic rings. The molecule has 0 spiro atoms. The van der Waals surface area contributed by atoms with E-state index in [1.807, 2.05) is 12.1 Å². The maximum absolute atomic E-state index is 12.0. The van der Waals surface area contributed by atoms with Crippen LogP contribution in [-0.2, 0) is 0 Å². The minimum Gasteiger partial charge on any atom is -0.422 e. The first-order valence-electron chi connectivity index (χ1n) is 6.93. The van der Waals surface area contributed by atoms with Gasteiger partial charge < -0.3 is 4.42 Å². The van der Waals surface area contributed by atoms with Crippen molar-refractivity contribution < 1.29 is 9.21 Å². The van der Waals surface area contributed by atoms with Gasteiger partial charge in [-0.15, -0.1) is 0 Å². The minimum absolute atomic E-state index is 0.301. The highest BCUT2D eigenvalue weighted by Crippen LogP contribution is 2.12. The number of para-hydroxylation sites is 1. The van der Waals surface area contributed by atoms with E-state index >= 15 is 0 Å². The second-order valence-corrected chi connectivity index (χ2v) is 4.87. The molecule has 1 N–H and O–H groups in total. The summed E-state index contributed by atoms with van der Waals surface area (Å²) in [5.41, 5.74) is 3.46. The lowest BCUT2D eigenvalue weighted by molar-refractivity contribution is 0.0954. The van der Waals surface area contributed by atoms with Crippen molar-refractivity contribution in [2.45, 2.75) is 6.92 Å². The first-order chi connectivity index (χ1) is 11.1. The third-order valence-electron chi connectivity index (χ3n) is 3.28. The number of rotatable bonds is 3. The molecule has 0 atom stereocenters. The van der Waals surface area contributed by atoms with E-state index in [0.717, 1.165) is 5.39 Å². The molecule has 0 unspecified atom stereocenters. The van der Waals surface area contributed by atoms with E-state index in [1.165, 1.54) is 6.20 Å². The molecule has 2 aromatic heterocycles. The first kappa shape index (κ1) is 14.6. The molecule has 114 valence electrons. The quantitative estimate of drug-likeness (QED) is 0.457. The van der Waals surface area contributed by atoms with Gasteiger partial charge in [-0.1, -0.05) is 18.2 Å². The molecule has 1 amide bonds. The zero-order valence-electron chi connectivity index (χ0n) is 12.3. The van der Waals surface area contributed by atoms with Gasteiger partial charge in [0.25, 0.3) is 5.91 Å². The maximum atomic E-state index is 12.0. The number of carbonyl (C=O) groups is 1. The predicted molar refractivity (Wildman–Crippen MR) is 86.4 cm³/mol. The Balaban J connectivity index is 1.88. The van der Waals surface area contributed by atoms with E-state index < -0.39 is 11.5 Å². The molecule has 0 radical (unpaired) electrons. The number of hydrogen-bond acceptors (Lipinski definition) is 5. The fourth-order valence-corrected chi connectivity index (χ4v) is 2.07. The summed E-state index contributed by atoms with van der Waals surface area (Å²) < 4.78 is 5.25. The average molecular weight is 307 g/mol. The van der Waals surface area contributed by atoms with Crippen molar-refractivity contribution >= 4 is 22.6 Å². The molecule has 0 bridgehead atoms. The summed E-state index contributed by atoms with van der Waals surface area (Å²) in [5.74, 6) is -0.400. The monoisotopic (exact) mass is 307 g/mol. The van der Waals surface area contributed by atoms with Crippen molar-refractivity contribution in [2.24, 2.45) is 5.10 Å². The Labute approximate surface area is 131 Å². The van der Waals surface area contributed by atoms with E-state index in [4.69, 9.17) is 4.42 Å². The Morgan fingerprint density at radius 2 is 2.04 bits per heavy atom. The molecular formula is C17H13N3O3. The van der Waals surface area contributed by atoms with Crippen LogP contribution in [0.4, 0.5) is 0 Å². The van der Waals surface area contributed by atoms with Crippen LogP contribution in [-0.4, -0.2) is 16.6 Å². The van der Waals surface area contributed by atoms with Gasteiger partial charge in [-0.2, -0.15) is 5.10 Å². The number of nitrogens with one attached hydrogen (secondary N) is 1. The van der Waals surface area contributed by atoms with Crippen LogP contribution in [0.15, 0.2) is 69.2 Å². The Morgan fingerprint density at radius 1 is 1.22 bits per heavy atom. The molecule has 0 saturated carbocycles. The highest BCUT2D eigenvalue weighted by molar-refractivity contribution is 6.02. The largest absolute Gasteiger partial charge is 0.422 e. The standard InChI is InChI=1S/C17H13N3O3/c1-11(19-20-16(21)13-6-4-8-18-10-13)14-9-12-5-2-3-7-15(12)23-17(14)22/h2-10H,1H3,(H,20,21)/b19-11+. The van der Waals surface area contributed by atoms with Crippen molar-refractivity contribution in [3.63, 3.8) is 0 Å². The summed E-state index contributed by atoms with van der Waals surface area (Å²) >= 11 is 0. The zero-order chi connectivity index (χ0) is 16.2. The first-order valence-corrected chi connectivity index (χ1v) is 6.93. The number of hydrazone groups is 1. The lowest BCUT2D eigenvalue weighted by atomic mass is 10.1. The number of benzene rings is 1. The fraction of sp³-hybridized carbons (Fsp3) is 0.0588. The lowest BCUT2D eigenvalue weighted by Gasteiger charge is -2.03. The van der Waals surface area contributed by atoms with Crippen LogP contribution in [0.5, 0.6) is 0 Å². The Bertz CT molecular complexity index is 946. The number of carbonyl (C=O) groups excluding carboxylic acids is 1. The summed E-state index contributed by atoms with van der Waals surface area (Å²) in [5, 5.41) is 4.75. The van der Waals surface area contributed by atoms with Gasteiger partial charge in [-0.25, -0.2) is 10.2 Å². The molecule has 0 aliphatic rings. The molecule has 6 nitrogen and oxygen atoms in total. The zero-order valence-corrected chi connectivity index (χ0v) is 12.3. The minimum atomic E-state index is -0.499. The number of aromatic nitrogens is 1. The molecule has 1 aromatic carbocycles. The van der Waals surface area contributed by atoms with Gasteiger partial charge in [0.2, 0.25) is 0 Å². The van der Waals surface area contributed by atoms with Gasteiger partial charge in [0.05, 0.1) is 16.8 Å². The van der Waals surface area contributed by atoms with Crippen molar-refractivity contribution in [3.05, 3.63) is 76.4 Å². The van der Waals surface area contributed by atoms with Gasteiger partial charge in [0.1, 0.15) is 5.58 Å². The van der Waals surface area contributed by atoms with Crippen LogP contribution in [0.3, 0.4) is 0 Å². The maximum Gasteiger partial charge on any atom is 0.345 e. The summed E-state index contributed by atoms with van der Waals surface area (Å²) in [6.45, 7) is 1.63. The summed E-state index contributed by atoms with van der Waals surface area (Å²) in [6.07, 6.45) is 3.01. The molecule has 0 fully saturated rings. The van der Waals surface area contributed by atoms with Gasteiger partial charge in [0, 0.05) is 17.8 Å². The van der Waals surface area contributed by atoms with Crippen LogP contribution >= 0.6 is 0 Å². The van der Waals surface area contributed by atoms with Gasteiger partial charge in [-0.3, -0.25) is 9.78 Å². The number of hydrogen-bond donors (Lipinski definition) is 1. The highest BCUT2D eigenvalue weighted by atomic mass is 16.4. The van der Waals surface area contributed by atoms with Gasteiger partial charge in [-0.05, 0) is 31.2 Å². The normalized spacial score (nSPS) is 11.4. The summed E-state index contributed by atoms with van der Waals surface area (Å²) in [7, 11) is 0. The number of pyridine rings is 1. The van der Waals surface area contributed by atoms with Crippen LogP contribution in [0.25, 0.3) is 11.0 Å². The van der Waals surface area contributed by atoms with Crippen LogP contribution in [0, 0.1) is 0 Å². The lowest BCUT2D eigenvalue weighted by Crippen LogP contribution is -2.21. The van der Waals surface area contributed by atoms with Crippen LogP contribution in [0.2, 0.25) is 0 Å². The fourth-order valence-electron chi connectivity index (χ4n) is 2.07. The summed E-state index contributed by atoms with van der Waals surface area (Å²) in [6, 6.07) is 12.2. The molecule has 0 aliphatic heterocycles. The average Bonchev–Trinajstić information content (AvgIpc) is 2.59. The van der Waals surface area contributed by atoms with Crippen molar-refractivity contribution in [1.29, 1.82) is 0 Å². The Hall–Kier alpha value is -3.28. The van der Waals surface area contributed by atoms with Crippen molar-refractivity contribution in [1.82, 2.24) is 10.4 Å². The van der Waals surface area contributed by atoms with Crippen LogP contribution in [0.1, 0.15) is 22.8 Å². The SMILES string of the molecule is C/C(=N\NC(=O)c1cccnc1)c1cc2ccccc2oc1=O. The predicted octanol–water partition coefficient (Wildman–Crippen LogP) is 2.34. The van der Waals surface area contributed by atoms with Gasteiger partial charge >= 0.3 is 5.63 Å². The van der Waals surface area contributed by atoms with Crippen LogP contribution < -0.4 is 11.1 Å². The van der Waals surface area contributed by atoms with E-state index in [0.29, 0.717) is 22.4 Å². The van der Waals surface area contributed by atoms with E-state index in [2.05, 4.69) is 15.5 Å². The molecule has 0 aliphatic carbocycles. The van der Waals surface area contributed by atoms with Crippen molar-refractivity contribution in [2.75, 3.05) is 0 Å². The molecule has 6 heteroatoms. The Morgan fingerprint density at radius 3 is 2.83 bits per heavy atom. The second-order valence-electron chi connectivity index (χ2n) is 4.87. The smallest absolute Gasteiger partial charge is 0.345 e. The molecule has 0 saturated heterocycles. The number of amides is 1. The summed E-state index contributed by atoms with van der Waals surface area (Å²) in [4.78, 5) is 27.8. The number of nitrogens with zero attached hydrogens (tertiary/aromatic N) is 2. The molecule has 2 heterocycles. The van der Waals surface area contributed by atoms with Gasteiger partial charge in [0.15, 0.2) is 0 Å². The third-order valence-corrected chi connectivity index (χ3v) is 3.28. The molecule has 23 heavy (non-hydrogen) atoms. The third kappa shape index (κ3) is 3.16. The van der Waals surface area contributed by atoms with Crippen molar-refractivity contribution in [3.8, 4) is 0 Å². The number of fused-ring (bicyclic) bond motifs is 1. The molecular weight excluding hydrogens is 294 g/mol. The van der Waals surface area contributed by atoms with E-state index in [1.54, 1.807) is 43.5 Å². The Kier molecular flexibility index (Phi) is 3.97. The van der Waals surface area contributed by atoms with E-state index in [-0.39, 0.29) is 0 Å². The second kappa shape index (κ2) is 6.23. The van der Waals surface area contributed by atoms with E-state index in [9.17, 15) is 9.59 Å². The molecule has 3 rings (SSSR count).